The van der Waals surface area contributed by atoms with E-state index >= 15 is 0 Å². The second-order valence-electron chi connectivity index (χ2n) is 5.76. The summed E-state index contributed by atoms with van der Waals surface area (Å²) in [7, 11) is 1.84. The van der Waals surface area contributed by atoms with Crippen LogP contribution in [0.15, 0.2) is 0 Å². The van der Waals surface area contributed by atoms with Crippen molar-refractivity contribution >= 4 is 0 Å². The third-order valence-electron chi connectivity index (χ3n) is 4.14. The summed E-state index contributed by atoms with van der Waals surface area (Å²) < 4.78 is 0. The average Bonchev–Trinajstić information content (AvgIpc) is 2.68. The van der Waals surface area contributed by atoms with Gasteiger partial charge in [0.2, 0.25) is 0 Å². The number of rotatable bonds is 6. The van der Waals surface area contributed by atoms with E-state index in [-0.39, 0.29) is 0 Å². The Labute approximate surface area is 116 Å². The quantitative estimate of drug-likeness (QED) is 0.631. The fourth-order valence-electron chi connectivity index (χ4n) is 3.10. The highest BCUT2D eigenvalue weighted by Gasteiger charge is 2.25. The molecule has 1 fully saturated rings. The van der Waals surface area contributed by atoms with Gasteiger partial charge in [-0.15, -0.1) is 10.2 Å². The van der Waals surface area contributed by atoms with Gasteiger partial charge >= 0.3 is 0 Å². The molecule has 0 saturated heterocycles. The van der Waals surface area contributed by atoms with Crippen LogP contribution in [0.25, 0.3) is 0 Å². The fraction of sp³-hybridized carbons (Fsp3) is 0.929. The van der Waals surface area contributed by atoms with E-state index in [0.717, 1.165) is 37.2 Å². The zero-order valence-electron chi connectivity index (χ0n) is 12.3. The molecule has 2 unspecified atom stereocenters. The smallest absolute Gasteiger partial charge is 0.175 e. The SMILES string of the molecule is CCCNCC1CCCCCC1Cc1nnn(C)n1. The van der Waals surface area contributed by atoms with Gasteiger partial charge in [0.25, 0.3) is 0 Å². The molecule has 0 aromatic carbocycles. The summed E-state index contributed by atoms with van der Waals surface area (Å²) in [6, 6.07) is 0. The Kier molecular flexibility index (Phi) is 5.76. The third-order valence-corrected chi connectivity index (χ3v) is 4.14. The molecule has 1 aliphatic rings. The van der Waals surface area contributed by atoms with Crippen LogP contribution in [0.1, 0.15) is 51.3 Å². The second-order valence-corrected chi connectivity index (χ2v) is 5.76. The summed E-state index contributed by atoms with van der Waals surface area (Å²) in [4.78, 5) is 1.57. The van der Waals surface area contributed by atoms with Crippen molar-refractivity contribution in [2.24, 2.45) is 18.9 Å². The minimum Gasteiger partial charge on any atom is -0.316 e. The van der Waals surface area contributed by atoms with Gasteiger partial charge in [-0.2, -0.15) is 4.80 Å². The van der Waals surface area contributed by atoms with Crippen molar-refractivity contribution in [3.05, 3.63) is 5.82 Å². The molecule has 0 aliphatic heterocycles. The first-order valence-electron chi connectivity index (χ1n) is 7.73. The molecule has 1 aromatic heterocycles. The van der Waals surface area contributed by atoms with E-state index in [1.807, 2.05) is 7.05 Å². The first kappa shape index (κ1) is 14.4. The van der Waals surface area contributed by atoms with E-state index in [0.29, 0.717) is 0 Å². The number of aromatic nitrogens is 4. The summed E-state index contributed by atoms with van der Waals surface area (Å²) in [6.07, 6.45) is 8.99. The van der Waals surface area contributed by atoms with Crippen molar-refractivity contribution in [3.8, 4) is 0 Å². The maximum Gasteiger partial charge on any atom is 0.175 e. The summed E-state index contributed by atoms with van der Waals surface area (Å²) in [5, 5.41) is 16.0. The highest BCUT2D eigenvalue weighted by molar-refractivity contribution is 4.86. The molecule has 1 aliphatic carbocycles. The van der Waals surface area contributed by atoms with Gasteiger partial charge in [0.1, 0.15) is 0 Å². The molecule has 1 heterocycles. The maximum absolute atomic E-state index is 4.34. The van der Waals surface area contributed by atoms with Crippen LogP contribution in [0.3, 0.4) is 0 Å². The van der Waals surface area contributed by atoms with E-state index in [9.17, 15) is 0 Å². The molecule has 2 rings (SSSR count). The number of hydrogen-bond donors (Lipinski definition) is 1. The normalized spacial score (nSPS) is 24.3. The lowest BCUT2D eigenvalue weighted by Crippen LogP contribution is -2.29. The molecule has 1 N–H and O–H groups in total. The van der Waals surface area contributed by atoms with Crippen LogP contribution < -0.4 is 5.32 Å². The van der Waals surface area contributed by atoms with Crippen molar-refractivity contribution in [3.63, 3.8) is 0 Å². The topological polar surface area (TPSA) is 55.6 Å². The lowest BCUT2D eigenvalue weighted by Gasteiger charge is -2.24. The minimum absolute atomic E-state index is 0.719. The van der Waals surface area contributed by atoms with Gasteiger partial charge in [-0.3, -0.25) is 0 Å². The molecule has 108 valence electrons. The predicted octanol–water partition coefficient (Wildman–Crippen LogP) is 1.95. The second kappa shape index (κ2) is 7.58. The van der Waals surface area contributed by atoms with Crippen molar-refractivity contribution in [1.82, 2.24) is 25.5 Å². The van der Waals surface area contributed by atoms with E-state index in [2.05, 4.69) is 27.7 Å². The maximum atomic E-state index is 4.34. The minimum atomic E-state index is 0.719. The Bertz CT molecular complexity index is 362. The standard InChI is InChI=1S/C14H27N5/c1-3-9-15-11-13-8-6-4-5-7-12(13)10-14-16-18-19(2)17-14/h12-13,15H,3-11H2,1-2H3. The first-order valence-corrected chi connectivity index (χ1v) is 7.73. The highest BCUT2D eigenvalue weighted by Crippen LogP contribution is 2.30. The molecule has 19 heavy (non-hydrogen) atoms. The lowest BCUT2D eigenvalue weighted by molar-refractivity contribution is 0.294. The van der Waals surface area contributed by atoms with Gasteiger partial charge in [-0.25, -0.2) is 0 Å². The van der Waals surface area contributed by atoms with E-state index < -0.39 is 0 Å². The zero-order valence-corrected chi connectivity index (χ0v) is 12.3. The van der Waals surface area contributed by atoms with Crippen LogP contribution in [0.4, 0.5) is 0 Å². The molecule has 0 amide bonds. The molecule has 1 aromatic rings. The van der Waals surface area contributed by atoms with Crippen LogP contribution in [0.5, 0.6) is 0 Å². The third kappa shape index (κ3) is 4.56. The van der Waals surface area contributed by atoms with Gasteiger partial charge in [0.15, 0.2) is 5.82 Å². The van der Waals surface area contributed by atoms with E-state index in [1.165, 1.54) is 38.5 Å². The molecular formula is C14H27N5. The van der Waals surface area contributed by atoms with Gasteiger partial charge < -0.3 is 5.32 Å². The Balaban J connectivity index is 1.92. The average molecular weight is 265 g/mol. The Morgan fingerprint density at radius 3 is 2.68 bits per heavy atom. The Morgan fingerprint density at radius 2 is 2.00 bits per heavy atom. The van der Waals surface area contributed by atoms with Crippen LogP contribution in [0, 0.1) is 11.8 Å². The number of aryl methyl sites for hydroxylation is 1. The lowest BCUT2D eigenvalue weighted by atomic mass is 9.85. The first-order chi connectivity index (χ1) is 9.29. The summed E-state index contributed by atoms with van der Waals surface area (Å²) >= 11 is 0. The van der Waals surface area contributed by atoms with Crippen molar-refractivity contribution in [1.29, 1.82) is 0 Å². The van der Waals surface area contributed by atoms with Crippen LogP contribution in [-0.4, -0.2) is 33.3 Å². The monoisotopic (exact) mass is 265 g/mol. The van der Waals surface area contributed by atoms with Crippen molar-refractivity contribution in [2.45, 2.75) is 51.9 Å². The predicted molar refractivity (Wildman–Crippen MR) is 75.7 cm³/mol. The Hall–Kier alpha value is -0.970. The molecule has 0 radical (unpaired) electrons. The van der Waals surface area contributed by atoms with E-state index in [4.69, 9.17) is 0 Å². The number of nitrogens with one attached hydrogen (secondary N) is 1. The van der Waals surface area contributed by atoms with Crippen LogP contribution >= 0.6 is 0 Å². The Morgan fingerprint density at radius 1 is 1.21 bits per heavy atom. The molecule has 1 saturated carbocycles. The van der Waals surface area contributed by atoms with Crippen LogP contribution in [-0.2, 0) is 13.5 Å². The number of nitrogens with zero attached hydrogens (tertiary/aromatic N) is 4. The molecule has 0 bridgehead atoms. The molecule has 2 atom stereocenters. The van der Waals surface area contributed by atoms with Gasteiger partial charge in [-0.1, -0.05) is 26.2 Å². The van der Waals surface area contributed by atoms with Gasteiger partial charge in [-0.05, 0) is 49.4 Å². The van der Waals surface area contributed by atoms with Gasteiger partial charge in [0, 0.05) is 6.42 Å². The number of hydrogen-bond acceptors (Lipinski definition) is 4. The summed E-state index contributed by atoms with van der Waals surface area (Å²) in [5.41, 5.74) is 0. The number of tetrazole rings is 1. The fourth-order valence-corrected chi connectivity index (χ4v) is 3.10. The highest BCUT2D eigenvalue weighted by atomic mass is 15.6. The summed E-state index contributed by atoms with van der Waals surface area (Å²) in [5.74, 6) is 2.41. The summed E-state index contributed by atoms with van der Waals surface area (Å²) in [6.45, 7) is 4.51. The molecular weight excluding hydrogens is 238 g/mol. The van der Waals surface area contributed by atoms with Gasteiger partial charge in [0.05, 0.1) is 7.05 Å². The van der Waals surface area contributed by atoms with Crippen molar-refractivity contribution in [2.75, 3.05) is 13.1 Å². The zero-order chi connectivity index (χ0) is 13.5. The van der Waals surface area contributed by atoms with Crippen molar-refractivity contribution < 1.29 is 0 Å². The molecule has 5 heteroatoms. The largest absolute Gasteiger partial charge is 0.316 e. The molecule has 5 nitrogen and oxygen atoms in total. The molecule has 0 spiro atoms. The van der Waals surface area contributed by atoms with Crippen LogP contribution in [0.2, 0.25) is 0 Å². The van der Waals surface area contributed by atoms with E-state index in [1.54, 1.807) is 4.80 Å².